The predicted molar refractivity (Wildman–Crippen MR) is 60.8 cm³/mol. The van der Waals surface area contributed by atoms with Crippen LogP contribution < -0.4 is 4.57 Å². The molecule has 3 nitrogen and oxygen atoms in total. The van der Waals surface area contributed by atoms with Gasteiger partial charge in [0, 0.05) is 6.92 Å². The zero-order chi connectivity index (χ0) is 11.2. The summed E-state index contributed by atoms with van der Waals surface area (Å²) < 4.78 is 4.48. The molecule has 80 valence electrons. The molecule has 2 aromatic rings. The van der Waals surface area contributed by atoms with Gasteiger partial charge < -0.3 is 0 Å². The Morgan fingerprint density at radius 3 is 2.60 bits per heavy atom. The highest BCUT2D eigenvalue weighted by molar-refractivity contribution is 5.72. The minimum atomic E-state index is 0.971. The van der Waals surface area contributed by atoms with Crippen LogP contribution in [0, 0.1) is 20.8 Å². The van der Waals surface area contributed by atoms with Crippen LogP contribution >= 0.6 is 0 Å². The van der Waals surface area contributed by atoms with Crippen molar-refractivity contribution in [1.82, 2.24) is 9.55 Å². The number of imidazole rings is 1. The van der Waals surface area contributed by atoms with Gasteiger partial charge in [-0.1, -0.05) is 0 Å². The highest BCUT2D eigenvalue weighted by Crippen LogP contribution is 2.16. The second-order valence-electron chi connectivity index (χ2n) is 4.10. The van der Waals surface area contributed by atoms with Gasteiger partial charge in [-0.15, -0.1) is 4.98 Å². The fourth-order valence-electron chi connectivity index (χ4n) is 2.29. The van der Waals surface area contributed by atoms with Crippen molar-refractivity contribution in [2.75, 3.05) is 0 Å². The lowest BCUT2D eigenvalue weighted by atomic mass is 10.2. The Bertz CT molecular complexity index is 523. The number of hydrogen-bond acceptors (Lipinski definition) is 1. The molecule has 3 heteroatoms. The summed E-state index contributed by atoms with van der Waals surface area (Å²) in [5.74, 6) is 1.26. The second kappa shape index (κ2) is 3.33. The molecule has 0 saturated carbocycles. The van der Waals surface area contributed by atoms with Crippen molar-refractivity contribution in [3.8, 4) is 0 Å². The Hall–Kier alpha value is -1.38. The van der Waals surface area contributed by atoms with Crippen LogP contribution in [-0.2, 0) is 13.6 Å². The summed E-state index contributed by atoms with van der Waals surface area (Å²) in [6.07, 6.45) is 0. The number of aromatic nitrogens is 3. The van der Waals surface area contributed by atoms with Gasteiger partial charge in [-0.25, -0.2) is 4.57 Å². The maximum absolute atomic E-state index is 4.63. The Balaban J connectivity index is 2.97. The van der Waals surface area contributed by atoms with E-state index in [2.05, 4.69) is 54.9 Å². The molecule has 0 radical (unpaired) electrons. The highest BCUT2D eigenvalue weighted by Gasteiger charge is 2.20. The summed E-state index contributed by atoms with van der Waals surface area (Å²) >= 11 is 0. The maximum Gasteiger partial charge on any atom is 0.302 e. The van der Waals surface area contributed by atoms with E-state index >= 15 is 0 Å². The summed E-state index contributed by atoms with van der Waals surface area (Å²) in [6.45, 7) is 9.47. The quantitative estimate of drug-likeness (QED) is 0.649. The zero-order valence-corrected chi connectivity index (χ0v) is 10.1. The van der Waals surface area contributed by atoms with Gasteiger partial charge in [-0.05, 0) is 32.4 Å². The van der Waals surface area contributed by atoms with Crippen LogP contribution in [0.2, 0.25) is 0 Å². The van der Waals surface area contributed by atoms with Crippen LogP contribution in [0.3, 0.4) is 0 Å². The van der Waals surface area contributed by atoms with Gasteiger partial charge in [0.2, 0.25) is 5.82 Å². The van der Waals surface area contributed by atoms with Crippen molar-refractivity contribution in [3.05, 3.63) is 23.1 Å². The normalized spacial score (nSPS) is 11.3. The topological polar surface area (TPSA) is 21.7 Å². The molecule has 2 aromatic heterocycles. The lowest BCUT2D eigenvalue weighted by Crippen LogP contribution is -2.35. The molecule has 0 spiro atoms. The number of hydrogen-bond donors (Lipinski definition) is 0. The van der Waals surface area contributed by atoms with E-state index < -0.39 is 0 Å². The monoisotopic (exact) mass is 204 g/mol. The van der Waals surface area contributed by atoms with Crippen LogP contribution in [0.4, 0.5) is 0 Å². The lowest BCUT2D eigenvalue weighted by Gasteiger charge is -1.94. The minimum Gasteiger partial charge on any atom is -0.260 e. The molecule has 0 bridgehead atoms. The van der Waals surface area contributed by atoms with Crippen LogP contribution in [0.1, 0.15) is 24.0 Å². The van der Waals surface area contributed by atoms with E-state index in [1.807, 2.05) is 0 Å². The predicted octanol–water partition coefficient (Wildman–Crippen LogP) is 1.81. The molecule has 15 heavy (non-hydrogen) atoms. The highest BCUT2D eigenvalue weighted by atomic mass is 15.2. The molecule has 0 saturated heterocycles. The van der Waals surface area contributed by atoms with Crippen molar-refractivity contribution in [2.24, 2.45) is 7.05 Å². The average molecular weight is 204 g/mol. The number of fused-ring (bicyclic) bond motifs is 1. The van der Waals surface area contributed by atoms with Crippen molar-refractivity contribution >= 4 is 11.2 Å². The summed E-state index contributed by atoms with van der Waals surface area (Å²) in [7, 11) is 2.10. The van der Waals surface area contributed by atoms with Gasteiger partial charge in [-0.3, -0.25) is 4.57 Å². The summed E-state index contributed by atoms with van der Waals surface area (Å²) in [6, 6.07) is 2.14. The standard InChI is InChI=1S/C12H18N3/c1-6-15-10(4)14(5)11-8(2)7-9(3)13-12(11)15/h7H,6H2,1-5H3/q+1. The van der Waals surface area contributed by atoms with E-state index in [-0.39, 0.29) is 0 Å². The van der Waals surface area contributed by atoms with Crippen molar-refractivity contribution in [1.29, 1.82) is 0 Å². The Morgan fingerprint density at radius 2 is 2.00 bits per heavy atom. The fourth-order valence-corrected chi connectivity index (χ4v) is 2.29. The third kappa shape index (κ3) is 1.34. The fraction of sp³-hybridized carbons (Fsp3) is 0.500. The largest absolute Gasteiger partial charge is 0.302 e. The van der Waals surface area contributed by atoms with Crippen LogP contribution in [0.25, 0.3) is 11.2 Å². The average Bonchev–Trinajstić information content (AvgIpc) is 2.39. The van der Waals surface area contributed by atoms with Gasteiger partial charge in [0.05, 0.1) is 13.6 Å². The van der Waals surface area contributed by atoms with E-state index in [0.29, 0.717) is 0 Å². The second-order valence-corrected chi connectivity index (χ2v) is 4.10. The molecule has 0 aliphatic carbocycles. The number of aryl methyl sites for hydroxylation is 4. The minimum absolute atomic E-state index is 0.971. The number of rotatable bonds is 1. The number of pyridine rings is 1. The van der Waals surface area contributed by atoms with E-state index in [4.69, 9.17) is 0 Å². The zero-order valence-electron chi connectivity index (χ0n) is 10.1. The van der Waals surface area contributed by atoms with Crippen LogP contribution in [0.5, 0.6) is 0 Å². The third-order valence-corrected chi connectivity index (χ3v) is 3.08. The third-order valence-electron chi connectivity index (χ3n) is 3.08. The first kappa shape index (κ1) is 10.1. The first-order chi connectivity index (χ1) is 7.06. The maximum atomic E-state index is 4.63. The van der Waals surface area contributed by atoms with E-state index in [0.717, 1.165) is 17.9 Å². The molecule has 2 heterocycles. The lowest BCUT2D eigenvalue weighted by molar-refractivity contribution is -0.676. The SMILES string of the molecule is CC[n+]1c(C)n(C)c2c(C)cc(C)nc21. The van der Waals surface area contributed by atoms with Gasteiger partial charge in [0.25, 0.3) is 0 Å². The smallest absolute Gasteiger partial charge is 0.260 e. The molecule has 0 aromatic carbocycles. The van der Waals surface area contributed by atoms with Crippen LogP contribution in [-0.4, -0.2) is 9.55 Å². The Labute approximate surface area is 90.4 Å². The first-order valence-corrected chi connectivity index (χ1v) is 5.39. The van der Waals surface area contributed by atoms with Gasteiger partial charge in [0.15, 0.2) is 5.52 Å². The first-order valence-electron chi connectivity index (χ1n) is 5.39. The summed E-state index contributed by atoms with van der Waals surface area (Å²) in [5, 5.41) is 0. The van der Waals surface area contributed by atoms with Gasteiger partial charge in [-0.2, -0.15) is 0 Å². The van der Waals surface area contributed by atoms with Crippen molar-refractivity contribution < 1.29 is 4.57 Å². The molecule has 2 rings (SSSR count). The molecular weight excluding hydrogens is 186 g/mol. The van der Waals surface area contributed by atoms with Crippen LogP contribution in [0.15, 0.2) is 6.07 Å². The molecule has 0 amide bonds. The van der Waals surface area contributed by atoms with Crippen molar-refractivity contribution in [2.45, 2.75) is 34.2 Å². The van der Waals surface area contributed by atoms with E-state index in [1.54, 1.807) is 0 Å². The molecule has 0 aliphatic heterocycles. The van der Waals surface area contributed by atoms with Gasteiger partial charge >= 0.3 is 5.65 Å². The summed E-state index contributed by atoms with van der Waals surface area (Å²) in [5.41, 5.74) is 4.75. The molecule has 0 atom stereocenters. The molecule has 0 aliphatic rings. The Morgan fingerprint density at radius 1 is 1.33 bits per heavy atom. The molecular formula is C12H18N3+. The van der Waals surface area contributed by atoms with Gasteiger partial charge in [0.1, 0.15) is 5.69 Å². The molecule has 0 N–H and O–H groups in total. The van der Waals surface area contributed by atoms with E-state index in [9.17, 15) is 0 Å². The molecule has 0 fully saturated rings. The number of nitrogens with zero attached hydrogens (tertiary/aromatic N) is 3. The van der Waals surface area contributed by atoms with E-state index in [1.165, 1.54) is 16.9 Å². The summed E-state index contributed by atoms with van der Waals surface area (Å²) in [4.78, 5) is 4.63. The van der Waals surface area contributed by atoms with Crippen molar-refractivity contribution in [3.63, 3.8) is 0 Å². The molecule has 0 unspecified atom stereocenters. The Kier molecular flexibility index (Phi) is 2.25.